The molecule has 0 saturated heterocycles. The molecular weight excluding hydrogens is 347 g/mol. The fourth-order valence-corrected chi connectivity index (χ4v) is 2.55. The Morgan fingerprint density at radius 2 is 1.52 bits per heavy atom. The molecule has 0 aliphatic rings. The van der Waals surface area contributed by atoms with Crippen LogP contribution in [-0.2, 0) is 0 Å². The molecule has 5 nitrogen and oxygen atoms in total. The molecule has 0 aliphatic heterocycles. The first-order chi connectivity index (χ1) is 13.1. The highest BCUT2D eigenvalue weighted by atomic mass is 19.1. The topological polar surface area (TPSA) is 59.6 Å². The van der Waals surface area contributed by atoms with Gasteiger partial charge in [0.05, 0.1) is 14.2 Å². The molecule has 0 aliphatic carbocycles. The third kappa shape index (κ3) is 4.55. The number of halogens is 1. The van der Waals surface area contributed by atoms with Crippen molar-refractivity contribution in [3.8, 4) is 11.5 Å². The number of carbonyl (C=O) groups is 1. The number of carbonyl (C=O) groups excluding carboxylic acids is 1. The van der Waals surface area contributed by atoms with E-state index >= 15 is 0 Å². The monoisotopic (exact) mass is 366 g/mol. The zero-order valence-electron chi connectivity index (χ0n) is 15.0. The minimum absolute atomic E-state index is 0.262. The highest BCUT2D eigenvalue weighted by Gasteiger charge is 2.11. The van der Waals surface area contributed by atoms with Crippen molar-refractivity contribution in [3.05, 3.63) is 78.1 Å². The normalized spacial score (nSPS) is 10.2. The van der Waals surface area contributed by atoms with E-state index in [1.165, 1.54) is 26.4 Å². The number of benzene rings is 3. The minimum Gasteiger partial charge on any atom is -0.493 e. The Morgan fingerprint density at radius 3 is 2.19 bits per heavy atom. The summed E-state index contributed by atoms with van der Waals surface area (Å²) >= 11 is 0. The first-order valence-electron chi connectivity index (χ1n) is 8.25. The highest BCUT2D eigenvalue weighted by molar-refractivity contribution is 6.04. The van der Waals surface area contributed by atoms with Crippen molar-refractivity contribution in [1.29, 1.82) is 0 Å². The number of nitrogens with one attached hydrogen (secondary N) is 2. The lowest BCUT2D eigenvalue weighted by atomic mass is 10.1. The Balaban J connectivity index is 1.68. The second-order valence-corrected chi connectivity index (χ2v) is 5.74. The van der Waals surface area contributed by atoms with Gasteiger partial charge >= 0.3 is 0 Å². The molecule has 6 heteroatoms. The predicted molar refractivity (Wildman–Crippen MR) is 104 cm³/mol. The molecule has 0 radical (unpaired) electrons. The van der Waals surface area contributed by atoms with Crippen molar-refractivity contribution in [2.75, 3.05) is 24.9 Å². The average molecular weight is 366 g/mol. The van der Waals surface area contributed by atoms with Gasteiger partial charge in [-0.25, -0.2) is 4.39 Å². The van der Waals surface area contributed by atoms with Crippen LogP contribution in [0.4, 0.5) is 21.5 Å². The molecule has 0 atom stereocenters. The van der Waals surface area contributed by atoms with E-state index in [-0.39, 0.29) is 11.7 Å². The van der Waals surface area contributed by atoms with Crippen molar-refractivity contribution in [1.82, 2.24) is 0 Å². The summed E-state index contributed by atoms with van der Waals surface area (Å²) in [6.07, 6.45) is 0. The van der Waals surface area contributed by atoms with E-state index in [1.54, 1.807) is 54.6 Å². The van der Waals surface area contributed by atoms with E-state index in [9.17, 15) is 9.18 Å². The van der Waals surface area contributed by atoms with Gasteiger partial charge in [-0.3, -0.25) is 4.79 Å². The fourth-order valence-electron chi connectivity index (χ4n) is 2.55. The quantitative estimate of drug-likeness (QED) is 0.655. The maximum Gasteiger partial charge on any atom is 0.255 e. The van der Waals surface area contributed by atoms with Crippen LogP contribution < -0.4 is 20.1 Å². The lowest BCUT2D eigenvalue weighted by molar-refractivity contribution is 0.102. The van der Waals surface area contributed by atoms with Crippen LogP contribution in [0.3, 0.4) is 0 Å². The van der Waals surface area contributed by atoms with E-state index in [0.29, 0.717) is 28.4 Å². The third-order valence-electron chi connectivity index (χ3n) is 3.90. The molecule has 1 amide bonds. The number of hydrogen-bond acceptors (Lipinski definition) is 4. The van der Waals surface area contributed by atoms with Gasteiger partial charge in [0.25, 0.3) is 5.91 Å². The highest BCUT2D eigenvalue weighted by Crippen LogP contribution is 2.28. The number of methoxy groups -OCH3 is 2. The van der Waals surface area contributed by atoms with Crippen molar-refractivity contribution < 1.29 is 18.7 Å². The average Bonchev–Trinajstić information content (AvgIpc) is 2.69. The van der Waals surface area contributed by atoms with E-state index in [4.69, 9.17) is 9.47 Å². The fraction of sp³-hybridized carbons (Fsp3) is 0.0952. The van der Waals surface area contributed by atoms with Crippen LogP contribution in [0, 0.1) is 5.82 Å². The number of hydrogen-bond donors (Lipinski definition) is 2. The lowest BCUT2D eigenvalue weighted by Crippen LogP contribution is -2.12. The summed E-state index contributed by atoms with van der Waals surface area (Å²) in [5.74, 6) is 0.474. The van der Waals surface area contributed by atoms with Gasteiger partial charge in [0.1, 0.15) is 5.82 Å². The van der Waals surface area contributed by atoms with Gasteiger partial charge in [-0.05, 0) is 60.7 Å². The molecule has 3 rings (SSSR count). The smallest absolute Gasteiger partial charge is 0.255 e. The van der Waals surface area contributed by atoms with Crippen molar-refractivity contribution in [2.45, 2.75) is 0 Å². The number of amides is 1. The van der Waals surface area contributed by atoms with E-state index in [0.717, 1.165) is 5.69 Å². The van der Waals surface area contributed by atoms with E-state index in [2.05, 4.69) is 10.6 Å². The second-order valence-electron chi connectivity index (χ2n) is 5.74. The third-order valence-corrected chi connectivity index (χ3v) is 3.90. The SMILES string of the molecule is COc1ccc(C(=O)Nc2ccc(Nc3cccc(F)c3)cc2)cc1OC. The Bertz CT molecular complexity index is 942. The Labute approximate surface area is 156 Å². The maximum atomic E-state index is 13.2. The van der Waals surface area contributed by atoms with Gasteiger partial charge < -0.3 is 20.1 Å². The molecule has 0 saturated carbocycles. The lowest BCUT2D eigenvalue weighted by Gasteiger charge is -2.11. The van der Waals surface area contributed by atoms with Crippen molar-refractivity contribution >= 4 is 23.0 Å². The zero-order chi connectivity index (χ0) is 19.2. The standard InChI is InChI=1S/C21H19FN2O3/c1-26-19-11-6-14(12-20(19)27-2)21(25)24-17-9-7-16(8-10-17)23-18-5-3-4-15(22)13-18/h3-13,23H,1-2H3,(H,24,25). The number of rotatable bonds is 6. The van der Waals surface area contributed by atoms with Crippen molar-refractivity contribution in [3.63, 3.8) is 0 Å². The summed E-state index contributed by atoms with van der Waals surface area (Å²) in [5, 5.41) is 5.93. The second kappa shape index (κ2) is 8.23. The predicted octanol–water partition coefficient (Wildman–Crippen LogP) is 4.84. The molecule has 0 aromatic heterocycles. The van der Waals surface area contributed by atoms with Gasteiger partial charge in [-0.1, -0.05) is 6.07 Å². The Kier molecular flexibility index (Phi) is 5.56. The molecule has 0 heterocycles. The van der Waals surface area contributed by atoms with Crippen LogP contribution in [-0.4, -0.2) is 20.1 Å². The van der Waals surface area contributed by atoms with Crippen LogP contribution in [0.15, 0.2) is 66.7 Å². The summed E-state index contributed by atoms with van der Waals surface area (Å²) < 4.78 is 23.6. The molecule has 0 fully saturated rings. The molecule has 138 valence electrons. The van der Waals surface area contributed by atoms with Crippen LogP contribution in [0.2, 0.25) is 0 Å². The Hall–Kier alpha value is -3.54. The first kappa shape index (κ1) is 18.3. The molecule has 3 aromatic carbocycles. The van der Waals surface area contributed by atoms with E-state index < -0.39 is 0 Å². The van der Waals surface area contributed by atoms with Crippen LogP contribution in [0.1, 0.15) is 10.4 Å². The zero-order valence-corrected chi connectivity index (χ0v) is 15.0. The summed E-state index contributed by atoms with van der Waals surface area (Å²) in [6, 6.07) is 18.3. The van der Waals surface area contributed by atoms with Gasteiger partial charge in [0, 0.05) is 22.6 Å². The minimum atomic E-state index is -0.307. The first-order valence-corrected chi connectivity index (χ1v) is 8.25. The van der Waals surface area contributed by atoms with Gasteiger partial charge in [-0.2, -0.15) is 0 Å². The summed E-state index contributed by atoms with van der Waals surface area (Å²) in [6.45, 7) is 0. The molecule has 27 heavy (non-hydrogen) atoms. The molecule has 0 spiro atoms. The molecule has 3 aromatic rings. The Morgan fingerprint density at radius 1 is 0.815 bits per heavy atom. The van der Waals surface area contributed by atoms with E-state index in [1.807, 2.05) is 0 Å². The van der Waals surface area contributed by atoms with Crippen molar-refractivity contribution in [2.24, 2.45) is 0 Å². The summed E-state index contributed by atoms with van der Waals surface area (Å²) in [5.41, 5.74) is 2.52. The van der Waals surface area contributed by atoms with Gasteiger partial charge in [0.15, 0.2) is 11.5 Å². The van der Waals surface area contributed by atoms with Crippen LogP contribution in [0.5, 0.6) is 11.5 Å². The number of ether oxygens (including phenoxy) is 2. The molecule has 2 N–H and O–H groups in total. The van der Waals surface area contributed by atoms with Gasteiger partial charge in [-0.15, -0.1) is 0 Å². The largest absolute Gasteiger partial charge is 0.493 e. The molecule has 0 bridgehead atoms. The van der Waals surface area contributed by atoms with Gasteiger partial charge in [0.2, 0.25) is 0 Å². The van der Waals surface area contributed by atoms with Crippen LogP contribution >= 0.6 is 0 Å². The number of anilines is 3. The maximum absolute atomic E-state index is 13.2. The summed E-state index contributed by atoms with van der Waals surface area (Å²) in [4.78, 5) is 12.4. The summed E-state index contributed by atoms with van der Waals surface area (Å²) in [7, 11) is 3.06. The molecule has 0 unspecified atom stereocenters. The molecular formula is C21H19FN2O3. The van der Waals surface area contributed by atoms with Crippen LogP contribution in [0.25, 0.3) is 0 Å².